The smallest absolute Gasteiger partial charge is 0.321 e. The lowest BCUT2D eigenvalue weighted by Gasteiger charge is -2.08. The van der Waals surface area contributed by atoms with Gasteiger partial charge in [0.1, 0.15) is 10.4 Å². The van der Waals surface area contributed by atoms with Gasteiger partial charge in [-0.25, -0.2) is 0 Å². The molecule has 6 nitrogen and oxygen atoms in total. The molecular weight excluding hydrogens is 184 g/mol. The third-order valence-corrected chi connectivity index (χ3v) is 1.79. The van der Waals surface area contributed by atoms with Gasteiger partial charge in [0, 0.05) is 0 Å². The summed E-state index contributed by atoms with van der Waals surface area (Å²) < 4.78 is -0.604. The second kappa shape index (κ2) is 5.78. The van der Waals surface area contributed by atoms with Gasteiger partial charge in [0.05, 0.1) is 5.75 Å². The van der Waals surface area contributed by atoms with E-state index in [-0.39, 0.29) is 5.75 Å². The molecule has 0 aliphatic heterocycles. The van der Waals surface area contributed by atoms with Crippen LogP contribution < -0.4 is 5.32 Å². The number of hydrogen-bond donors (Lipinski definition) is 2. The summed E-state index contributed by atoms with van der Waals surface area (Å²) in [7, 11) is 0. The standard InChI is InChI=1S/C5H10N2O4S/c1-2-6-4(5(8)9)3-12-7(10)11/h4,6H,2-3H2,1H3,(H,8,9)/t4-/m0/s1. The average Bonchev–Trinajstić information content (AvgIpc) is 1.96. The van der Waals surface area contributed by atoms with Gasteiger partial charge in [-0.1, -0.05) is 6.92 Å². The summed E-state index contributed by atoms with van der Waals surface area (Å²) in [5.41, 5.74) is 0. The molecule has 0 radical (unpaired) electrons. The molecule has 0 rings (SSSR count). The third kappa shape index (κ3) is 4.91. The van der Waals surface area contributed by atoms with Gasteiger partial charge in [-0.15, -0.1) is 0 Å². The minimum absolute atomic E-state index is 0.0594. The van der Waals surface area contributed by atoms with Crippen molar-refractivity contribution in [1.29, 1.82) is 0 Å². The first-order valence-electron chi connectivity index (χ1n) is 3.31. The molecular formula is C5H10N2O4S. The van der Waals surface area contributed by atoms with Crippen molar-refractivity contribution >= 4 is 17.9 Å². The summed E-state index contributed by atoms with van der Waals surface area (Å²) in [5, 5.41) is 21.0. The number of nitro groups is 1. The number of carboxylic acids is 1. The highest BCUT2D eigenvalue weighted by Gasteiger charge is 2.19. The molecule has 0 fully saturated rings. The van der Waals surface area contributed by atoms with Crippen molar-refractivity contribution in [3.8, 4) is 0 Å². The highest BCUT2D eigenvalue weighted by atomic mass is 32.2. The number of carboxylic acid groups (broad SMARTS) is 1. The van der Waals surface area contributed by atoms with Crippen LogP contribution in [0.25, 0.3) is 0 Å². The largest absolute Gasteiger partial charge is 0.480 e. The number of carbonyl (C=O) groups is 1. The van der Waals surface area contributed by atoms with Gasteiger partial charge in [0.2, 0.25) is 11.9 Å². The van der Waals surface area contributed by atoms with Crippen molar-refractivity contribution in [1.82, 2.24) is 5.32 Å². The van der Waals surface area contributed by atoms with Gasteiger partial charge in [0.25, 0.3) is 0 Å². The molecule has 0 bridgehead atoms. The summed E-state index contributed by atoms with van der Waals surface area (Å²) >= 11 is 0.387. The first-order chi connectivity index (χ1) is 5.57. The van der Waals surface area contributed by atoms with Gasteiger partial charge in [0.15, 0.2) is 0 Å². The number of aliphatic carboxylic acids is 1. The molecule has 0 aliphatic carbocycles. The van der Waals surface area contributed by atoms with Gasteiger partial charge in [-0.2, -0.15) is 0 Å². The molecule has 0 heterocycles. The highest BCUT2D eigenvalue weighted by Crippen LogP contribution is 2.02. The summed E-state index contributed by atoms with van der Waals surface area (Å²) in [5.74, 6) is -1.12. The summed E-state index contributed by atoms with van der Waals surface area (Å²) in [6, 6.07) is -0.842. The maximum atomic E-state index is 10.4. The van der Waals surface area contributed by atoms with Crippen molar-refractivity contribution in [3.05, 3.63) is 10.1 Å². The lowest BCUT2D eigenvalue weighted by Crippen LogP contribution is -2.38. The Bertz CT molecular complexity index is 175. The molecule has 0 spiro atoms. The molecule has 0 saturated carbocycles. The fraction of sp³-hybridized carbons (Fsp3) is 0.800. The van der Waals surface area contributed by atoms with Gasteiger partial charge < -0.3 is 10.4 Å². The number of rotatable bonds is 6. The van der Waals surface area contributed by atoms with Crippen LogP contribution >= 0.6 is 11.9 Å². The van der Waals surface area contributed by atoms with E-state index in [1.807, 2.05) is 0 Å². The Kier molecular flexibility index (Phi) is 5.39. The summed E-state index contributed by atoms with van der Waals surface area (Å²) in [6.07, 6.45) is 0. The van der Waals surface area contributed by atoms with Crippen LogP contribution in [0.15, 0.2) is 0 Å². The van der Waals surface area contributed by atoms with E-state index in [1.54, 1.807) is 6.92 Å². The minimum atomic E-state index is -1.06. The normalized spacial score (nSPS) is 12.4. The molecule has 2 N–H and O–H groups in total. The van der Waals surface area contributed by atoms with E-state index in [4.69, 9.17) is 5.11 Å². The Morgan fingerprint density at radius 3 is 2.75 bits per heavy atom. The molecule has 0 aliphatic rings. The highest BCUT2D eigenvalue weighted by molar-refractivity contribution is 7.93. The predicted molar refractivity (Wildman–Crippen MR) is 44.6 cm³/mol. The molecule has 0 aromatic rings. The van der Waals surface area contributed by atoms with E-state index >= 15 is 0 Å². The maximum absolute atomic E-state index is 10.4. The van der Waals surface area contributed by atoms with Crippen LogP contribution in [-0.4, -0.2) is 33.7 Å². The predicted octanol–water partition coefficient (Wildman–Crippen LogP) is -0.0260. The summed E-state index contributed by atoms with van der Waals surface area (Å²) in [4.78, 5) is 20.3. The Labute approximate surface area is 73.6 Å². The molecule has 0 aromatic heterocycles. The van der Waals surface area contributed by atoms with E-state index in [0.29, 0.717) is 18.5 Å². The molecule has 0 saturated heterocycles. The Morgan fingerprint density at radius 1 is 1.83 bits per heavy atom. The molecule has 12 heavy (non-hydrogen) atoms. The van der Waals surface area contributed by atoms with Crippen LogP contribution in [0.4, 0.5) is 0 Å². The first kappa shape index (κ1) is 11.2. The first-order valence-corrected chi connectivity index (χ1v) is 4.25. The van der Waals surface area contributed by atoms with Crippen LogP contribution in [0, 0.1) is 10.1 Å². The number of hydrogen-bond acceptors (Lipinski definition) is 5. The van der Waals surface area contributed by atoms with E-state index in [9.17, 15) is 14.9 Å². The monoisotopic (exact) mass is 194 g/mol. The second-order valence-corrected chi connectivity index (χ2v) is 2.86. The van der Waals surface area contributed by atoms with Crippen molar-refractivity contribution < 1.29 is 14.2 Å². The fourth-order valence-corrected chi connectivity index (χ4v) is 1.13. The van der Waals surface area contributed by atoms with Gasteiger partial charge in [-0.3, -0.25) is 14.9 Å². The maximum Gasteiger partial charge on any atom is 0.321 e. The van der Waals surface area contributed by atoms with Crippen molar-refractivity contribution in [3.63, 3.8) is 0 Å². The fourth-order valence-electron chi connectivity index (χ4n) is 0.599. The van der Waals surface area contributed by atoms with Crippen molar-refractivity contribution in [2.24, 2.45) is 0 Å². The number of likely N-dealkylation sites (N-methyl/N-ethyl adjacent to an activating group) is 1. The SMILES string of the molecule is CCN[C@@H](CS[N+](=O)[O-])C(=O)O. The molecule has 0 aromatic carbocycles. The molecule has 70 valence electrons. The summed E-state index contributed by atoms with van der Waals surface area (Å²) in [6.45, 7) is 2.22. The number of nitrogens with zero attached hydrogens (tertiary/aromatic N) is 1. The molecule has 1 atom stereocenters. The Hall–Kier alpha value is -0.820. The van der Waals surface area contributed by atoms with Gasteiger partial charge in [-0.05, 0) is 6.54 Å². The van der Waals surface area contributed by atoms with Crippen LogP contribution in [-0.2, 0) is 4.79 Å². The molecule has 0 unspecified atom stereocenters. The zero-order valence-corrected chi connectivity index (χ0v) is 7.34. The minimum Gasteiger partial charge on any atom is -0.480 e. The zero-order valence-electron chi connectivity index (χ0n) is 6.52. The van der Waals surface area contributed by atoms with Crippen LogP contribution in [0.3, 0.4) is 0 Å². The van der Waals surface area contributed by atoms with E-state index < -0.39 is 16.3 Å². The van der Waals surface area contributed by atoms with E-state index in [1.165, 1.54) is 0 Å². The quantitative estimate of drug-likeness (QED) is 0.350. The van der Waals surface area contributed by atoms with E-state index in [2.05, 4.69) is 5.32 Å². The van der Waals surface area contributed by atoms with Crippen molar-refractivity contribution in [2.75, 3.05) is 12.3 Å². The average molecular weight is 194 g/mol. The van der Waals surface area contributed by atoms with Crippen LogP contribution in [0.5, 0.6) is 0 Å². The topological polar surface area (TPSA) is 92.5 Å². The Balaban J connectivity index is 3.79. The molecule has 0 amide bonds. The van der Waals surface area contributed by atoms with Crippen molar-refractivity contribution in [2.45, 2.75) is 13.0 Å². The van der Waals surface area contributed by atoms with Crippen LogP contribution in [0.2, 0.25) is 0 Å². The van der Waals surface area contributed by atoms with Crippen LogP contribution in [0.1, 0.15) is 6.92 Å². The lowest BCUT2D eigenvalue weighted by molar-refractivity contribution is -0.284. The number of nitrogens with one attached hydrogen (secondary N) is 1. The third-order valence-electron chi connectivity index (χ3n) is 1.10. The Morgan fingerprint density at radius 2 is 2.42 bits per heavy atom. The van der Waals surface area contributed by atoms with E-state index in [0.717, 1.165) is 0 Å². The molecule has 7 heteroatoms. The zero-order chi connectivity index (χ0) is 9.56. The lowest BCUT2D eigenvalue weighted by atomic mass is 10.3. The second-order valence-electron chi connectivity index (χ2n) is 1.97. The van der Waals surface area contributed by atoms with Gasteiger partial charge >= 0.3 is 5.97 Å².